The molecule has 0 radical (unpaired) electrons. The first-order valence-corrected chi connectivity index (χ1v) is 6.82. The quantitative estimate of drug-likeness (QED) is 0.758. The third-order valence-corrected chi connectivity index (χ3v) is 4.25. The van der Waals surface area contributed by atoms with Gasteiger partial charge in [0.15, 0.2) is 0 Å². The Hall–Kier alpha value is -0.610. The van der Waals surface area contributed by atoms with Gasteiger partial charge in [0.1, 0.15) is 0 Å². The molecule has 4 nitrogen and oxygen atoms in total. The summed E-state index contributed by atoms with van der Waals surface area (Å²) in [6.07, 6.45) is 5.00. The Labute approximate surface area is 103 Å². The lowest BCUT2D eigenvalue weighted by molar-refractivity contribution is -0.127. The highest BCUT2D eigenvalue weighted by Gasteiger charge is 2.42. The molecule has 2 aliphatic rings. The molecule has 2 atom stereocenters. The molecule has 4 heteroatoms. The first kappa shape index (κ1) is 12.8. The molecule has 1 saturated carbocycles. The van der Waals surface area contributed by atoms with Crippen molar-refractivity contribution in [3.63, 3.8) is 0 Å². The molecule has 2 rings (SSSR count). The highest BCUT2D eigenvalue weighted by atomic mass is 16.5. The molecular weight excluding hydrogens is 216 g/mol. The zero-order valence-corrected chi connectivity index (χ0v) is 10.9. The zero-order chi connectivity index (χ0) is 12.5. The van der Waals surface area contributed by atoms with Crippen molar-refractivity contribution in [1.82, 2.24) is 5.32 Å². The molecule has 1 aliphatic carbocycles. The number of nitrogens with one attached hydrogen (secondary N) is 1. The molecule has 98 valence electrons. The predicted molar refractivity (Wildman–Crippen MR) is 66.5 cm³/mol. The van der Waals surface area contributed by atoms with Crippen molar-refractivity contribution in [2.45, 2.75) is 63.6 Å². The predicted octanol–water partition coefficient (Wildman–Crippen LogP) is 1.19. The molecule has 0 spiro atoms. The Kier molecular flexibility index (Phi) is 3.73. The van der Waals surface area contributed by atoms with Crippen molar-refractivity contribution in [2.24, 2.45) is 11.7 Å². The summed E-state index contributed by atoms with van der Waals surface area (Å²) >= 11 is 0. The maximum Gasteiger partial charge on any atom is 0.240 e. The minimum Gasteiger partial charge on any atom is -0.376 e. The van der Waals surface area contributed by atoms with Gasteiger partial charge in [-0.3, -0.25) is 4.79 Å². The van der Waals surface area contributed by atoms with Gasteiger partial charge >= 0.3 is 0 Å². The SMILES string of the molecule is CCC(N)(CC)C(=O)NC1CCOC1C1CC1. The maximum atomic E-state index is 12.2. The van der Waals surface area contributed by atoms with Gasteiger partial charge < -0.3 is 15.8 Å². The van der Waals surface area contributed by atoms with Crippen LogP contribution < -0.4 is 11.1 Å². The van der Waals surface area contributed by atoms with E-state index in [1.807, 2.05) is 13.8 Å². The van der Waals surface area contributed by atoms with E-state index in [1.165, 1.54) is 12.8 Å². The van der Waals surface area contributed by atoms with Crippen LogP contribution in [0.15, 0.2) is 0 Å². The summed E-state index contributed by atoms with van der Waals surface area (Å²) in [5.74, 6) is 0.655. The van der Waals surface area contributed by atoms with Gasteiger partial charge in [-0.15, -0.1) is 0 Å². The summed E-state index contributed by atoms with van der Waals surface area (Å²) in [7, 11) is 0. The number of rotatable bonds is 5. The van der Waals surface area contributed by atoms with Crippen LogP contribution in [0, 0.1) is 5.92 Å². The van der Waals surface area contributed by atoms with Crippen LogP contribution in [0.25, 0.3) is 0 Å². The molecule has 17 heavy (non-hydrogen) atoms. The molecule has 1 saturated heterocycles. The average molecular weight is 240 g/mol. The third-order valence-electron chi connectivity index (χ3n) is 4.25. The zero-order valence-electron chi connectivity index (χ0n) is 10.9. The smallest absolute Gasteiger partial charge is 0.240 e. The topological polar surface area (TPSA) is 64.4 Å². The van der Waals surface area contributed by atoms with E-state index in [2.05, 4.69) is 5.32 Å². The van der Waals surface area contributed by atoms with Crippen molar-refractivity contribution in [1.29, 1.82) is 0 Å². The van der Waals surface area contributed by atoms with Crippen LogP contribution in [0.5, 0.6) is 0 Å². The second kappa shape index (κ2) is 4.94. The molecule has 0 bridgehead atoms. The molecule has 1 aliphatic heterocycles. The van der Waals surface area contributed by atoms with E-state index in [1.54, 1.807) is 0 Å². The van der Waals surface area contributed by atoms with Crippen LogP contribution in [-0.2, 0) is 9.53 Å². The molecule has 2 unspecified atom stereocenters. The first-order valence-electron chi connectivity index (χ1n) is 6.82. The van der Waals surface area contributed by atoms with E-state index in [-0.39, 0.29) is 18.1 Å². The monoisotopic (exact) mass is 240 g/mol. The van der Waals surface area contributed by atoms with Crippen LogP contribution in [0.4, 0.5) is 0 Å². The molecule has 3 N–H and O–H groups in total. The van der Waals surface area contributed by atoms with E-state index in [4.69, 9.17) is 10.5 Å². The molecule has 0 aromatic carbocycles. The number of ether oxygens (including phenoxy) is 1. The Bertz CT molecular complexity index is 285. The number of carbonyl (C=O) groups excluding carboxylic acids is 1. The van der Waals surface area contributed by atoms with Gasteiger partial charge in [0.2, 0.25) is 5.91 Å². The minimum atomic E-state index is -0.712. The number of amides is 1. The van der Waals surface area contributed by atoms with Crippen LogP contribution in [0.3, 0.4) is 0 Å². The number of hydrogen-bond donors (Lipinski definition) is 2. The van der Waals surface area contributed by atoms with Gasteiger partial charge in [0, 0.05) is 6.61 Å². The lowest BCUT2D eigenvalue weighted by Gasteiger charge is -2.29. The third kappa shape index (κ3) is 2.63. The van der Waals surface area contributed by atoms with E-state index in [0.29, 0.717) is 18.8 Å². The van der Waals surface area contributed by atoms with E-state index in [0.717, 1.165) is 13.0 Å². The second-order valence-electron chi connectivity index (χ2n) is 5.40. The Morgan fingerprint density at radius 1 is 1.35 bits per heavy atom. The molecule has 0 aromatic heterocycles. The number of hydrogen-bond acceptors (Lipinski definition) is 3. The van der Waals surface area contributed by atoms with Crippen molar-refractivity contribution in [2.75, 3.05) is 6.61 Å². The second-order valence-corrected chi connectivity index (χ2v) is 5.40. The number of carbonyl (C=O) groups is 1. The molecular formula is C13H24N2O2. The highest BCUT2D eigenvalue weighted by molar-refractivity contribution is 5.86. The van der Waals surface area contributed by atoms with Crippen molar-refractivity contribution in [3.8, 4) is 0 Å². The standard InChI is InChI=1S/C13H24N2O2/c1-3-13(14,4-2)12(16)15-10-7-8-17-11(10)9-5-6-9/h9-11H,3-8,14H2,1-2H3,(H,15,16). The fourth-order valence-electron chi connectivity index (χ4n) is 2.54. The average Bonchev–Trinajstić information content (AvgIpc) is 3.09. The van der Waals surface area contributed by atoms with Gasteiger partial charge in [0.05, 0.1) is 17.7 Å². The van der Waals surface area contributed by atoms with E-state index >= 15 is 0 Å². The highest BCUT2D eigenvalue weighted by Crippen LogP contribution is 2.38. The molecule has 1 heterocycles. The van der Waals surface area contributed by atoms with Gasteiger partial charge in [-0.2, -0.15) is 0 Å². The lowest BCUT2D eigenvalue weighted by Crippen LogP contribution is -2.56. The Balaban J connectivity index is 1.93. The van der Waals surface area contributed by atoms with E-state index in [9.17, 15) is 4.79 Å². The van der Waals surface area contributed by atoms with Gasteiger partial charge in [-0.1, -0.05) is 13.8 Å². The minimum absolute atomic E-state index is 0.0105. The number of nitrogens with two attached hydrogens (primary N) is 1. The van der Waals surface area contributed by atoms with Gasteiger partial charge in [-0.05, 0) is 38.0 Å². The fraction of sp³-hybridized carbons (Fsp3) is 0.923. The van der Waals surface area contributed by atoms with Crippen molar-refractivity contribution < 1.29 is 9.53 Å². The fourth-order valence-corrected chi connectivity index (χ4v) is 2.54. The molecule has 0 aromatic rings. The summed E-state index contributed by atoms with van der Waals surface area (Å²) in [5.41, 5.74) is 5.39. The van der Waals surface area contributed by atoms with Crippen LogP contribution in [0.2, 0.25) is 0 Å². The summed E-state index contributed by atoms with van der Waals surface area (Å²) in [5, 5.41) is 3.10. The van der Waals surface area contributed by atoms with Gasteiger partial charge in [0.25, 0.3) is 0 Å². The largest absolute Gasteiger partial charge is 0.376 e. The van der Waals surface area contributed by atoms with Crippen LogP contribution >= 0.6 is 0 Å². The van der Waals surface area contributed by atoms with Crippen molar-refractivity contribution >= 4 is 5.91 Å². The molecule has 1 amide bonds. The Morgan fingerprint density at radius 3 is 2.53 bits per heavy atom. The van der Waals surface area contributed by atoms with Gasteiger partial charge in [-0.25, -0.2) is 0 Å². The summed E-state index contributed by atoms with van der Waals surface area (Å²) in [6.45, 7) is 4.70. The van der Waals surface area contributed by atoms with Crippen LogP contribution in [0.1, 0.15) is 46.0 Å². The maximum absolute atomic E-state index is 12.2. The van der Waals surface area contributed by atoms with Crippen molar-refractivity contribution in [3.05, 3.63) is 0 Å². The lowest BCUT2D eigenvalue weighted by atomic mass is 9.92. The normalized spacial score (nSPS) is 29.4. The van der Waals surface area contributed by atoms with Crippen LogP contribution in [-0.4, -0.2) is 30.2 Å². The first-order chi connectivity index (χ1) is 8.10. The summed E-state index contributed by atoms with van der Waals surface area (Å²) < 4.78 is 5.71. The molecule has 2 fully saturated rings. The Morgan fingerprint density at radius 2 is 2.00 bits per heavy atom. The summed E-state index contributed by atoms with van der Waals surface area (Å²) in [4.78, 5) is 12.2. The van der Waals surface area contributed by atoms with E-state index < -0.39 is 5.54 Å². The summed E-state index contributed by atoms with van der Waals surface area (Å²) in [6, 6.07) is 0.177.